The number of hydrogen-bond acceptors (Lipinski definition) is 6. The van der Waals surface area contributed by atoms with Crippen LogP contribution in [0.25, 0.3) is 22.3 Å². The molecule has 4 aromatic rings. The Morgan fingerprint density at radius 3 is 2.56 bits per heavy atom. The van der Waals surface area contributed by atoms with Crippen LogP contribution in [0.15, 0.2) is 54.7 Å². The molecule has 0 aliphatic rings. The lowest BCUT2D eigenvalue weighted by atomic mass is 10.1. The van der Waals surface area contributed by atoms with E-state index < -0.39 is 16.1 Å². The van der Waals surface area contributed by atoms with Gasteiger partial charge >= 0.3 is 0 Å². The van der Waals surface area contributed by atoms with Gasteiger partial charge in [0.15, 0.2) is 5.82 Å². The molecular formula is C29H40N6O3S. The van der Waals surface area contributed by atoms with Gasteiger partial charge in [-0.3, -0.25) is 5.10 Å². The first kappa shape index (κ1) is 28.8. The number of H-pyrrole nitrogens is 1. The van der Waals surface area contributed by atoms with Crippen LogP contribution >= 0.6 is 0 Å². The first-order chi connectivity index (χ1) is 18.9. The van der Waals surface area contributed by atoms with E-state index in [-0.39, 0.29) is 5.75 Å². The lowest BCUT2D eigenvalue weighted by Crippen LogP contribution is -2.33. The number of aryl methyl sites for hydroxylation is 2. The van der Waals surface area contributed by atoms with Crippen LogP contribution in [0.3, 0.4) is 0 Å². The molecule has 4 rings (SSSR count). The van der Waals surface area contributed by atoms with Crippen molar-refractivity contribution in [3.63, 3.8) is 0 Å². The molecule has 210 valence electrons. The van der Waals surface area contributed by atoms with Crippen LogP contribution in [-0.2, 0) is 23.0 Å². The van der Waals surface area contributed by atoms with Gasteiger partial charge in [0.1, 0.15) is 11.6 Å². The second-order valence-electron chi connectivity index (χ2n) is 9.65. The molecule has 39 heavy (non-hydrogen) atoms. The maximum Gasteiger partial charge on any atom is 0.212 e. The van der Waals surface area contributed by atoms with Crippen molar-refractivity contribution in [2.45, 2.75) is 52.6 Å². The van der Waals surface area contributed by atoms with E-state index in [1.54, 1.807) is 7.11 Å². The van der Waals surface area contributed by atoms with Gasteiger partial charge in [-0.1, -0.05) is 44.2 Å². The predicted molar refractivity (Wildman–Crippen MR) is 156 cm³/mol. The monoisotopic (exact) mass is 552 g/mol. The second-order valence-corrected chi connectivity index (χ2v) is 11.5. The normalized spacial score (nSPS) is 12.8. The second kappa shape index (κ2) is 13.2. The lowest BCUT2D eigenvalue weighted by molar-refractivity contribution is 0.304. The van der Waals surface area contributed by atoms with E-state index in [2.05, 4.69) is 57.3 Å². The summed E-state index contributed by atoms with van der Waals surface area (Å²) in [5, 5.41) is 8.57. The average molecular weight is 553 g/mol. The molecule has 1 atom stereocenters. The Hall–Kier alpha value is -3.21. The fraction of sp³-hybridized carbons (Fsp3) is 0.448. The van der Waals surface area contributed by atoms with Crippen molar-refractivity contribution >= 4 is 20.9 Å². The third-order valence-corrected chi connectivity index (χ3v) is 8.64. The highest BCUT2D eigenvalue weighted by molar-refractivity contribution is 7.89. The summed E-state index contributed by atoms with van der Waals surface area (Å²) in [5.41, 5.74) is 3.07. The molecule has 0 bridgehead atoms. The third kappa shape index (κ3) is 7.26. The van der Waals surface area contributed by atoms with Gasteiger partial charge in [-0.05, 0) is 63.5 Å². The molecule has 0 saturated heterocycles. The number of benzene rings is 2. The molecule has 0 unspecified atom stereocenters. The van der Waals surface area contributed by atoms with E-state index in [0.717, 1.165) is 54.0 Å². The fourth-order valence-electron chi connectivity index (χ4n) is 4.89. The molecule has 2 aromatic carbocycles. The summed E-state index contributed by atoms with van der Waals surface area (Å²) in [6.07, 6.45) is 3.87. The highest BCUT2D eigenvalue weighted by Gasteiger charge is 2.24. The smallest absolute Gasteiger partial charge is 0.212 e. The number of sulfonamides is 1. The first-order valence-electron chi connectivity index (χ1n) is 13.7. The number of fused-ring (bicyclic) bond motifs is 1. The van der Waals surface area contributed by atoms with Crippen LogP contribution in [0, 0.1) is 0 Å². The number of nitrogens with one attached hydrogen (secondary N) is 2. The van der Waals surface area contributed by atoms with E-state index in [1.807, 2.05) is 42.6 Å². The zero-order chi connectivity index (χ0) is 27.8. The van der Waals surface area contributed by atoms with Gasteiger partial charge in [0.25, 0.3) is 0 Å². The summed E-state index contributed by atoms with van der Waals surface area (Å²) >= 11 is 0. The molecule has 0 fully saturated rings. The van der Waals surface area contributed by atoms with Crippen LogP contribution in [0.1, 0.15) is 51.0 Å². The molecule has 2 N–H and O–H groups in total. The van der Waals surface area contributed by atoms with Crippen molar-refractivity contribution in [1.29, 1.82) is 0 Å². The highest BCUT2D eigenvalue weighted by atomic mass is 32.2. The molecule has 0 aliphatic heterocycles. The minimum absolute atomic E-state index is 0.0676. The van der Waals surface area contributed by atoms with Gasteiger partial charge in [-0.15, -0.1) is 0 Å². The van der Waals surface area contributed by atoms with Crippen molar-refractivity contribution in [3.05, 3.63) is 66.1 Å². The van der Waals surface area contributed by atoms with Crippen LogP contribution in [0.4, 0.5) is 0 Å². The van der Waals surface area contributed by atoms with Gasteiger partial charge in [0.2, 0.25) is 10.0 Å². The molecule has 0 aliphatic carbocycles. The van der Waals surface area contributed by atoms with Crippen LogP contribution < -0.4 is 9.46 Å². The molecule has 2 heterocycles. The van der Waals surface area contributed by atoms with Crippen molar-refractivity contribution < 1.29 is 13.2 Å². The van der Waals surface area contributed by atoms with Crippen molar-refractivity contribution in [1.82, 2.24) is 29.4 Å². The number of hydrogen-bond donors (Lipinski definition) is 2. The number of rotatable bonds is 15. The number of aromatic nitrogens is 4. The zero-order valence-electron chi connectivity index (χ0n) is 23.4. The predicted octanol–water partition coefficient (Wildman–Crippen LogP) is 4.78. The Bertz CT molecular complexity index is 1440. The molecule has 10 heteroatoms. The Morgan fingerprint density at radius 1 is 1.10 bits per heavy atom. The zero-order valence-corrected chi connectivity index (χ0v) is 24.2. The molecule has 0 spiro atoms. The van der Waals surface area contributed by atoms with Crippen LogP contribution in [-0.4, -0.2) is 65.6 Å². The van der Waals surface area contributed by atoms with E-state index >= 15 is 0 Å². The van der Waals surface area contributed by atoms with E-state index in [0.29, 0.717) is 30.9 Å². The Balaban J connectivity index is 1.59. The summed E-state index contributed by atoms with van der Waals surface area (Å²) in [6.45, 7) is 9.62. The van der Waals surface area contributed by atoms with Gasteiger partial charge in [-0.25, -0.2) is 18.1 Å². The molecule has 9 nitrogen and oxygen atoms in total. The molecule has 0 saturated carbocycles. The summed E-state index contributed by atoms with van der Waals surface area (Å²) in [6, 6.07) is 15.5. The summed E-state index contributed by atoms with van der Waals surface area (Å²) in [7, 11) is -1.87. The van der Waals surface area contributed by atoms with Crippen molar-refractivity contribution in [2.24, 2.45) is 0 Å². The number of aromatic amines is 1. The summed E-state index contributed by atoms with van der Waals surface area (Å²) in [4.78, 5) is 7.04. The Labute approximate surface area is 231 Å². The first-order valence-corrected chi connectivity index (χ1v) is 15.4. The lowest BCUT2D eigenvalue weighted by Gasteiger charge is -2.19. The number of methoxy groups -OCH3 is 1. The Kier molecular flexibility index (Phi) is 9.77. The fourth-order valence-corrected chi connectivity index (χ4v) is 6.18. The minimum Gasteiger partial charge on any atom is -0.497 e. The van der Waals surface area contributed by atoms with Crippen molar-refractivity contribution in [3.8, 4) is 17.1 Å². The maximum absolute atomic E-state index is 13.1. The number of nitrogens with zero attached hydrogens (tertiary/aromatic N) is 4. The average Bonchev–Trinajstić information content (AvgIpc) is 3.58. The largest absolute Gasteiger partial charge is 0.497 e. The summed E-state index contributed by atoms with van der Waals surface area (Å²) < 4.78 is 36.7. The quantitative estimate of drug-likeness (QED) is 0.220. The van der Waals surface area contributed by atoms with Gasteiger partial charge in [0.05, 0.1) is 24.4 Å². The van der Waals surface area contributed by atoms with E-state index in [4.69, 9.17) is 9.72 Å². The Morgan fingerprint density at radius 2 is 1.87 bits per heavy atom. The topological polar surface area (TPSA) is 105 Å². The third-order valence-electron chi connectivity index (χ3n) is 7.17. The maximum atomic E-state index is 13.1. The molecule has 0 radical (unpaired) electrons. The van der Waals surface area contributed by atoms with Gasteiger partial charge < -0.3 is 14.2 Å². The SMILES string of the molecule is CCN(CC)CCCS(=O)(=O)N[C@H](CCc1ccccc1)c1nc(-c2cn(CC)c3cc(OC)ccc23)n[nH]1. The molecule has 2 aromatic heterocycles. The minimum atomic E-state index is -3.53. The molecular weight excluding hydrogens is 512 g/mol. The van der Waals surface area contributed by atoms with Crippen molar-refractivity contribution in [2.75, 3.05) is 32.5 Å². The van der Waals surface area contributed by atoms with Gasteiger partial charge in [0, 0.05) is 29.8 Å². The number of ether oxygens (including phenoxy) is 1. The van der Waals surface area contributed by atoms with E-state index in [9.17, 15) is 8.42 Å². The standard InChI is InChI=1S/C29H40N6O3S/c1-5-34(6-2)18-11-19-39(36,37)33-26(17-14-22-12-9-8-10-13-22)29-30-28(31-32-29)25-21-35(7-3)27-20-23(38-4)15-16-24(25)27/h8-10,12-13,15-16,20-21,26,33H,5-7,11,14,17-19H2,1-4H3,(H,30,31,32)/t26-/m1/s1. The van der Waals surface area contributed by atoms with Crippen LogP contribution in [0.2, 0.25) is 0 Å². The van der Waals surface area contributed by atoms with Gasteiger partial charge in [-0.2, -0.15) is 5.10 Å². The van der Waals surface area contributed by atoms with E-state index in [1.165, 1.54) is 0 Å². The summed E-state index contributed by atoms with van der Waals surface area (Å²) in [5.74, 6) is 1.91. The highest BCUT2D eigenvalue weighted by Crippen LogP contribution is 2.32. The van der Waals surface area contributed by atoms with Crippen LogP contribution in [0.5, 0.6) is 5.75 Å². The molecule has 0 amide bonds.